The summed E-state index contributed by atoms with van der Waals surface area (Å²) >= 11 is 1.01. The number of carboxylic acid groups (broad SMARTS) is 1. The summed E-state index contributed by atoms with van der Waals surface area (Å²) in [5.74, 6) is -2.75. The Morgan fingerprint density at radius 1 is 0.964 bits per heavy atom. The number of aromatic nitrogens is 4. The number of phosphoric acid groups is 3. The minimum absolute atomic E-state index is 0.0285. The second kappa shape index (κ2) is 26.2. The van der Waals surface area contributed by atoms with E-state index < -0.39 is 113 Å². The van der Waals surface area contributed by atoms with E-state index in [1.54, 1.807) is 6.92 Å². The molecule has 5 aliphatic rings. The van der Waals surface area contributed by atoms with E-state index in [2.05, 4.69) is 64.2 Å². The van der Waals surface area contributed by atoms with Gasteiger partial charge in [-0.1, -0.05) is 54.0 Å². The summed E-state index contributed by atoms with van der Waals surface area (Å²) in [6.07, 6.45) is 2.63. The van der Waals surface area contributed by atoms with E-state index in [9.17, 15) is 78.0 Å². The van der Waals surface area contributed by atoms with Gasteiger partial charge in [0.05, 0.1) is 33.0 Å². The molecule has 2 aromatic heterocycles. The first kappa shape index (κ1) is 67.2. The highest BCUT2D eigenvalue weighted by molar-refractivity contribution is 7.99. The van der Waals surface area contributed by atoms with Gasteiger partial charge in [0.2, 0.25) is 11.8 Å². The number of imidazole rings is 1. The largest absolute Gasteiger partial charge is 0.790 e. The lowest BCUT2D eigenvalue weighted by molar-refractivity contribution is -0.347. The van der Waals surface area contributed by atoms with Gasteiger partial charge in [-0.2, -0.15) is 0 Å². The van der Waals surface area contributed by atoms with Crippen LogP contribution in [0.1, 0.15) is 125 Å². The number of fused-ring (bicyclic) bond motifs is 6. The van der Waals surface area contributed by atoms with Crippen LogP contribution in [-0.4, -0.2) is 131 Å². The van der Waals surface area contributed by atoms with Crippen LogP contribution >= 0.6 is 35.2 Å². The summed E-state index contributed by atoms with van der Waals surface area (Å²) in [5.41, 5.74) is 2.45. The van der Waals surface area contributed by atoms with Gasteiger partial charge >= 0.3 is 0 Å². The number of carbonyl (C=O) groups is 4. The van der Waals surface area contributed by atoms with Gasteiger partial charge in [-0.05, 0) is 104 Å². The molecule has 4 fully saturated rings. The van der Waals surface area contributed by atoms with E-state index in [1.807, 2.05) is 6.08 Å². The van der Waals surface area contributed by atoms with E-state index in [4.69, 9.17) is 10.5 Å². The standard InChI is InChI=1S/C51H82N7O21P3S/c1-27(33-10-11-34-32-9-8-30-22-31(59)13-16-49(30,6)35(32)14-17-50(33,34)7)12-18-51(67,28(2)46(64)65)29(3)47(66)83-21-20-53-37(60)15-19-54-44(63)41(62)48(4,5)24-76-82(73,74)79-81(71,72)75-23-36-40(78-80(68,69)70)39(61)45(77-36)58-26-57-38-42(52)55-25-56-43(38)58/h22,25-29,32-36,39-41,45,47,61-62,66-67H,8-21,23-24H2,1-7H3,(H,53,60)(H,54,63)(H,64,65)(H,71,72)(H,73,74)(H2,52,55,56)(H2,68,69,70)/p-5/t27-,28?,29?,32+,33-,34+,35+,36-,39-,40-,41+,45-,47?,49+,50-,51?/m1/s1. The lowest BCUT2D eigenvalue weighted by atomic mass is 9.46. The smallest absolute Gasteiger partial charge is 0.274 e. The Labute approximate surface area is 485 Å². The van der Waals surface area contributed by atoms with Crippen molar-refractivity contribution in [3.8, 4) is 0 Å². The molecule has 468 valence electrons. The average molecular weight is 1250 g/mol. The Bertz CT molecular complexity index is 2880. The first-order valence-electron chi connectivity index (χ1n) is 27.8. The molecule has 2 amide bonds. The van der Waals surface area contributed by atoms with Crippen LogP contribution in [0.2, 0.25) is 0 Å². The summed E-state index contributed by atoms with van der Waals surface area (Å²) in [4.78, 5) is 110. The van der Waals surface area contributed by atoms with Crippen molar-refractivity contribution in [1.82, 2.24) is 30.2 Å². The number of anilines is 1. The number of carbonyl (C=O) groups excluding carboxylic acids is 4. The second-order valence-electron chi connectivity index (χ2n) is 24.3. The molecule has 3 heterocycles. The number of amides is 2. The number of ketones is 1. The van der Waals surface area contributed by atoms with E-state index in [0.29, 0.717) is 36.5 Å². The first-order valence-corrected chi connectivity index (χ1v) is 33.3. The number of thioether (sulfide) groups is 1. The molecule has 4 aliphatic carbocycles. The number of ether oxygens (including phenoxy) is 1. The molecular formula is C51H77N7O21P3S-5. The van der Waals surface area contributed by atoms with Crippen molar-refractivity contribution in [1.29, 1.82) is 0 Å². The molecule has 8 N–H and O–H groups in total. The Kier molecular flexibility index (Phi) is 21.2. The number of nitrogens with one attached hydrogen (secondary N) is 2. The van der Waals surface area contributed by atoms with Gasteiger partial charge in [0.1, 0.15) is 41.7 Å². The van der Waals surface area contributed by atoms with Crippen molar-refractivity contribution in [3.63, 3.8) is 0 Å². The molecule has 2 aromatic rings. The number of phosphoric ester groups is 3. The molecular weight excluding hydrogens is 1170 g/mol. The molecule has 6 unspecified atom stereocenters. The van der Waals surface area contributed by atoms with Gasteiger partial charge < -0.3 is 89.1 Å². The number of rotatable bonds is 28. The molecule has 18 atom stereocenters. The molecule has 83 heavy (non-hydrogen) atoms. The zero-order chi connectivity index (χ0) is 61.4. The molecule has 7 rings (SSSR count). The Morgan fingerprint density at radius 2 is 1.66 bits per heavy atom. The molecule has 0 aromatic carbocycles. The number of aliphatic carboxylic acids is 1. The number of aliphatic hydroxyl groups excluding tert-OH is 3. The molecule has 3 saturated carbocycles. The van der Waals surface area contributed by atoms with Crippen LogP contribution in [0.3, 0.4) is 0 Å². The summed E-state index contributed by atoms with van der Waals surface area (Å²) in [6, 6.07) is 0. The van der Waals surface area contributed by atoms with Crippen LogP contribution in [0.4, 0.5) is 5.82 Å². The predicted octanol–water partition coefficient (Wildman–Crippen LogP) is 0.246. The third-order valence-electron chi connectivity index (χ3n) is 18.8. The minimum atomic E-state index is -5.98. The molecule has 0 radical (unpaired) electrons. The van der Waals surface area contributed by atoms with Crippen LogP contribution in [0.15, 0.2) is 24.3 Å². The van der Waals surface area contributed by atoms with Crippen LogP contribution in [-0.2, 0) is 55.5 Å². The number of allylic oxidation sites excluding steroid dienone is 1. The number of nitrogens with zero attached hydrogens (tertiary/aromatic N) is 4. The molecule has 1 aliphatic heterocycles. The number of carboxylic acids is 1. The van der Waals surface area contributed by atoms with Crippen molar-refractivity contribution < 1.29 is 101 Å². The van der Waals surface area contributed by atoms with E-state index in [0.717, 1.165) is 73.9 Å². The maximum atomic E-state index is 12.9. The highest BCUT2D eigenvalue weighted by Crippen LogP contribution is 2.68. The van der Waals surface area contributed by atoms with Crippen molar-refractivity contribution in [2.45, 2.75) is 161 Å². The second-order valence-corrected chi connectivity index (χ2v) is 29.6. The lowest BCUT2D eigenvalue weighted by Crippen LogP contribution is -2.53. The topological polar surface area (TPSA) is 456 Å². The quantitative estimate of drug-likeness (QED) is 0.0341. The fourth-order valence-corrected chi connectivity index (χ4v) is 17.6. The molecule has 28 nitrogen and oxygen atoms in total. The summed E-state index contributed by atoms with van der Waals surface area (Å²) in [6.45, 7) is 9.71. The maximum Gasteiger partial charge on any atom is 0.274 e. The third-order valence-corrected chi connectivity index (χ3v) is 23.0. The maximum absolute atomic E-state index is 12.9. The van der Waals surface area contributed by atoms with Gasteiger partial charge in [-0.15, -0.1) is 11.8 Å². The van der Waals surface area contributed by atoms with Crippen LogP contribution in [0.5, 0.6) is 0 Å². The van der Waals surface area contributed by atoms with Gasteiger partial charge in [-0.3, -0.25) is 28.1 Å². The molecule has 32 heteroatoms. The zero-order valence-electron chi connectivity index (χ0n) is 47.4. The number of nitrogens with two attached hydrogens (primary N) is 1. The normalized spacial score (nSPS) is 31.4. The minimum Gasteiger partial charge on any atom is -0.790 e. The van der Waals surface area contributed by atoms with Crippen molar-refractivity contribution in [3.05, 3.63) is 24.3 Å². The van der Waals surface area contributed by atoms with Gasteiger partial charge in [0.25, 0.3) is 15.6 Å². The van der Waals surface area contributed by atoms with Crippen molar-refractivity contribution >= 4 is 75.8 Å². The van der Waals surface area contributed by atoms with E-state index in [-0.39, 0.29) is 71.2 Å². The highest BCUT2D eigenvalue weighted by Gasteiger charge is 2.60. The van der Waals surface area contributed by atoms with Crippen LogP contribution in [0.25, 0.3) is 11.2 Å². The number of aliphatic hydroxyl groups is 4. The number of hydrogen-bond donors (Lipinski definition) is 7. The highest BCUT2D eigenvalue weighted by atomic mass is 32.2. The van der Waals surface area contributed by atoms with Gasteiger partial charge in [-0.25, -0.2) is 19.3 Å². The predicted molar refractivity (Wildman–Crippen MR) is 286 cm³/mol. The van der Waals surface area contributed by atoms with Gasteiger partial charge in [0, 0.05) is 54.9 Å². The van der Waals surface area contributed by atoms with Crippen molar-refractivity contribution in [2.24, 2.45) is 57.7 Å². The summed E-state index contributed by atoms with van der Waals surface area (Å²) < 4.78 is 61.3. The monoisotopic (exact) mass is 1250 g/mol. The average Bonchev–Trinajstić information content (AvgIpc) is 1.92. The Morgan fingerprint density at radius 3 is 2.35 bits per heavy atom. The SMILES string of the molecule is CC(C(=O)[O-])C(O)(CC[C@@H](C)[C@H]1CC[C@H]2[C@@H]3CCC4=CC(=O)CC[C@]4(C)[C@H]3CC[C@]12C)C(C)C(O)SCCNC(=O)CCNC(=O)[C@H](O)C(C)(C)COP(=O)([O-])OP(=O)([O-])OC[C@H]1O[C@@H](n2cnc3c(N)ncnc32)[C@H](O)[C@@H]1OP(=O)([O-])[O-]. The van der Waals surface area contributed by atoms with E-state index >= 15 is 0 Å². The number of nitrogen functional groups attached to an aromatic ring is 1. The fraction of sp³-hybridized carbons (Fsp3) is 0.784. The Balaban J connectivity index is 0.816. The van der Waals surface area contributed by atoms with Crippen LogP contribution < -0.4 is 41.0 Å². The van der Waals surface area contributed by atoms with E-state index in [1.165, 1.54) is 26.3 Å². The zero-order valence-corrected chi connectivity index (χ0v) is 50.9. The van der Waals surface area contributed by atoms with Crippen molar-refractivity contribution in [2.75, 3.05) is 37.8 Å². The van der Waals surface area contributed by atoms with Crippen LogP contribution in [0, 0.1) is 57.7 Å². The third kappa shape index (κ3) is 15.2. The molecule has 1 saturated heterocycles. The Hall–Kier alpha value is -3.31. The van der Waals surface area contributed by atoms with Gasteiger partial charge in [0.15, 0.2) is 23.5 Å². The molecule has 0 spiro atoms. The summed E-state index contributed by atoms with van der Waals surface area (Å²) in [7, 11) is -17.8. The fourth-order valence-electron chi connectivity index (χ4n) is 13.9. The lowest BCUT2D eigenvalue weighted by Gasteiger charge is -2.58. The first-order chi connectivity index (χ1) is 38.5. The molecule has 0 bridgehead atoms. The number of hydrogen-bond acceptors (Lipinski definition) is 26. The summed E-state index contributed by atoms with van der Waals surface area (Å²) in [5, 5.41) is 62.5.